The zero-order valence-electron chi connectivity index (χ0n) is 11.9. The molecule has 3 heterocycles. The number of carbonyl (C=O) groups is 1. The fraction of sp³-hybridized carbons (Fsp3) is 0.538. The van der Waals surface area contributed by atoms with E-state index in [-0.39, 0.29) is 11.6 Å². The van der Waals surface area contributed by atoms with Crippen LogP contribution in [0.15, 0.2) is 17.2 Å². The second kappa shape index (κ2) is 5.55. The van der Waals surface area contributed by atoms with Crippen molar-refractivity contribution in [1.29, 1.82) is 0 Å². The van der Waals surface area contributed by atoms with Crippen molar-refractivity contribution in [2.75, 3.05) is 13.1 Å². The normalized spacial score (nSPS) is 14.8. The number of H-pyrrole nitrogens is 1. The van der Waals surface area contributed by atoms with Gasteiger partial charge in [-0.3, -0.25) is 14.0 Å². The molecule has 0 spiro atoms. The highest BCUT2D eigenvalue weighted by atomic mass is 16.2. The molecule has 8 heteroatoms. The molecule has 0 radical (unpaired) electrons. The van der Waals surface area contributed by atoms with E-state index >= 15 is 0 Å². The third-order valence-corrected chi connectivity index (χ3v) is 3.71. The number of nitrogens with zero attached hydrogens (tertiary/aromatic N) is 5. The number of hydrogen-bond donors (Lipinski definition) is 1. The molecule has 1 N–H and O–H groups in total. The molecule has 0 aliphatic carbocycles. The highest BCUT2D eigenvalue weighted by Gasteiger charge is 2.20. The first-order valence-electron chi connectivity index (χ1n) is 7.04. The van der Waals surface area contributed by atoms with E-state index < -0.39 is 0 Å². The van der Waals surface area contributed by atoms with Crippen molar-refractivity contribution in [2.24, 2.45) is 0 Å². The number of fused-ring (bicyclic) bond motifs is 1. The number of nitrogens with one attached hydrogen (secondary N) is 1. The first-order valence-corrected chi connectivity index (χ1v) is 7.04. The number of carbonyl (C=O) groups excluding carboxylic acids is 1. The molecule has 112 valence electrons. The number of rotatable bonds is 3. The maximum atomic E-state index is 12.3. The van der Waals surface area contributed by atoms with Gasteiger partial charge < -0.3 is 4.90 Å². The fourth-order valence-electron chi connectivity index (χ4n) is 2.55. The van der Waals surface area contributed by atoms with Gasteiger partial charge >= 0.3 is 5.69 Å². The molecule has 8 nitrogen and oxygen atoms in total. The molecule has 0 saturated heterocycles. The Hall–Kier alpha value is -2.38. The van der Waals surface area contributed by atoms with Crippen LogP contribution >= 0.6 is 0 Å². The third kappa shape index (κ3) is 2.88. The van der Waals surface area contributed by atoms with Gasteiger partial charge in [0.2, 0.25) is 5.91 Å². The first kappa shape index (κ1) is 13.6. The topological polar surface area (TPSA) is 88.8 Å². The Kier molecular flexibility index (Phi) is 3.59. The molecule has 3 rings (SSSR count). The Labute approximate surface area is 121 Å². The predicted octanol–water partition coefficient (Wildman–Crippen LogP) is -0.449. The minimum atomic E-state index is -0.202. The molecule has 2 aromatic heterocycles. The molecule has 0 unspecified atom stereocenters. The molecule has 0 atom stereocenters. The first-order chi connectivity index (χ1) is 10.1. The number of aryl methyl sites for hydroxylation is 2. The van der Waals surface area contributed by atoms with Crippen LogP contribution in [0, 0.1) is 6.92 Å². The predicted molar refractivity (Wildman–Crippen MR) is 74.7 cm³/mol. The van der Waals surface area contributed by atoms with Gasteiger partial charge in [0.1, 0.15) is 5.82 Å². The van der Waals surface area contributed by atoms with E-state index in [1.54, 1.807) is 20.3 Å². The lowest BCUT2D eigenvalue weighted by Gasteiger charge is -2.19. The van der Waals surface area contributed by atoms with Crippen LogP contribution in [0.2, 0.25) is 0 Å². The van der Waals surface area contributed by atoms with E-state index in [2.05, 4.69) is 15.3 Å². The van der Waals surface area contributed by atoms with E-state index in [9.17, 15) is 9.59 Å². The minimum Gasteiger partial charge on any atom is -0.340 e. The Bertz CT molecular complexity index is 698. The van der Waals surface area contributed by atoms with E-state index in [1.165, 1.54) is 0 Å². The molecule has 1 aliphatic rings. The van der Waals surface area contributed by atoms with Gasteiger partial charge in [-0.1, -0.05) is 0 Å². The quantitative estimate of drug-likeness (QED) is 0.829. The molecule has 2 aromatic rings. The SMILES string of the molecule is Cc1cnn(CCC(=O)N2CCc3n[nH]c(=O)n3CC2)c1. The summed E-state index contributed by atoms with van der Waals surface area (Å²) in [5, 5.41) is 10.6. The van der Waals surface area contributed by atoms with Gasteiger partial charge in [-0.25, -0.2) is 9.89 Å². The summed E-state index contributed by atoms with van der Waals surface area (Å²) in [5.74, 6) is 0.809. The molecule has 0 saturated carbocycles. The van der Waals surface area contributed by atoms with Crippen LogP contribution in [0.4, 0.5) is 0 Å². The standard InChI is InChI=1S/C13H18N6O2/c1-10-8-14-18(9-10)5-3-12(20)17-4-2-11-15-16-13(21)19(11)7-6-17/h8-9H,2-7H2,1H3,(H,16,21). The van der Waals surface area contributed by atoms with Crippen molar-refractivity contribution < 1.29 is 4.79 Å². The minimum absolute atomic E-state index is 0.0883. The molecule has 21 heavy (non-hydrogen) atoms. The lowest BCUT2D eigenvalue weighted by molar-refractivity contribution is -0.131. The van der Waals surface area contributed by atoms with Crippen molar-refractivity contribution in [2.45, 2.75) is 32.9 Å². The molecular formula is C13H18N6O2. The maximum Gasteiger partial charge on any atom is 0.343 e. The van der Waals surface area contributed by atoms with Crippen LogP contribution in [0.5, 0.6) is 0 Å². The molecular weight excluding hydrogens is 272 g/mol. The molecule has 0 bridgehead atoms. The summed E-state index contributed by atoms with van der Waals surface area (Å²) < 4.78 is 3.38. The lowest BCUT2D eigenvalue weighted by atomic mass is 10.3. The largest absolute Gasteiger partial charge is 0.343 e. The van der Waals surface area contributed by atoms with Crippen LogP contribution in [-0.4, -0.2) is 48.4 Å². The Morgan fingerprint density at radius 1 is 1.38 bits per heavy atom. The van der Waals surface area contributed by atoms with Crippen LogP contribution < -0.4 is 5.69 Å². The molecule has 1 aliphatic heterocycles. The number of hydrogen-bond acceptors (Lipinski definition) is 4. The number of amides is 1. The smallest absolute Gasteiger partial charge is 0.340 e. The zero-order chi connectivity index (χ0) is 14.8. The van der Waals surface area contributed by atoms with Crippen LogP contribution in [0.1, 0.15) is 17.8 Å². The van der Waals surface area contributed by atoms with Crippen molar-refractivity contribution in [1.82, 2.24) is 29.4 Å². The monoisotopic (exact) mass is 290 g/mol. The second-order valence-electron chi connectivity index (χ2n) is 5.26. The van der Waals surface area contributed by atoms with E-state index in [0.717, 1.165) is 11.4 Å². The van der Waals surface area contributed by atoms with E-state index in [1.807, 2.05) is 13.1 Å². The second-order valence-corrected chi connectivity index (χ2v) is 5.26. The highest BCUT2D eigenvalue weighted by Crippen LogP contribution is 2.06. The summed E-state index contributed by atoms with van der Waals surface area (Å²) in [5.41, 5.74) is 0.883. The third-order valence-electron chi connectivity index (χ3n) is 3.71. The van der Waals surface area contributed by atoms with Crippen LogP contribution in [-0.2, 0) is 24.3 Å². The maximum absolute atomic E-state index is 12.3. The Morgan fingerprint density at radius 3 is 3.00 bits per heavy atom. The van der Waals surface area contributed by atoms with Crippen molar-refractivity contribution >= 4 is 5.91 Å². The van der Waals surface area contributed by atoms with Crippen molar-refractivity contribution in [3.05, 3.63) is 34.3 Å². The van der Waals surface area contributed by atoms with Gasteiger partial charge in [0, 0.05) is 45.2 Å². The Morgan fingerprint density at radius 2 is 2.24 bits per heavy atom. The number of aromatic amines is 1. The zero-order valence-corrected chi connectivity index (χ0v) is 11.9. The summed E-state index contributed by atoms with van der Waals surface area (Å²) in [6.45, 7) is 4.19. The molecule has 1 amide bonds. The van der Waals surface area contributed by atoms with Gasteiger partial charge in [0.25, 0.3) is 0 Å². The molecule has 0 aromatic carbocycles. The van der Waals surface area contributed by atoms with Crippen LogP contribution in [0.25, 0.3) is 0 Å². The van der Waals surface area contributed by atoms with E-state index in [0.29, 0.717) is 39.0 Å². The average Bonchev–Trinajstić information content (AvgIpc) is 2.96. The highest BCUT2D eigenvalue weighted by molar-refractivity contribution is 5.76. The van der Waals surface area contributed by atoms with Gasteiger partial charge in [-0.05, 0) is 12.5 Å². The van der Waals surface area contributed by atoms with Crippen LogP contribution in [0.3, 0.4) is 0 Å². The van der Waals surface area contributed by atoms with Gasteiger partial charge in [-0.15, -0.1) is 0 Å². The van der Waals surface area contributed by atoms with Gasteiger partial charge in [0.05, 0.1) is 6.20 Å². The van der Waals surface area contributed by atoms with Crippen molar-refractivity contribution in [3.63, 3.8) is 0 Å². The molecule has 0 fully saturated rings. The Balaban J connectivity index is 1.58. The summed E-state index contributed by atoms with van der Waals surface area (Å²) >= 11 is 0. The summed E-state index contributed by atoms with van der Waals surface area (Å²) in [4.78, 5) is 25.6. The van der Waals surface area contributed by atoms with Gasteiger partial charge in [-0.2, -0.15) is 10.2 Å². The summed E-state index contributed by atoms with van der Waals surface area (Å²) in [7, 11) is 0. The van der Waals surface area contributed by atoms with E-state index in [4.69, 9.17) is 0 Å². The average molecular weight is 290 g/mol. The lowest BCUT2D eigenvalue weighted by Crippen LogP contribution is -2.35. The number of aromatic nitrogens is 5. The fourth-order valence-corrected chi connectivity index (χ4v) is 2.55. The van der Waals surface area contributed by atoms with Gasteiger partial charge in [0.15, 0.2) is 0 Å². The summed E-state index contributed by atoms with van der Waals surface area (Å²) in [6, 6.07) is 0. The summed E-state index contributed by atoms with van der Waals surface area (Å²) in [6.07, 6.45) is 4.72. The van der Waals surface area contributed by atoms with Crippen molar-refractivity contribution in [3.8, 4) is 0 Å².